The van der Waals surface area contributed by atoms with Crippen LogP contribution in [0.2, 0.25) is 0 Å². The number of hydrogen-bond acceptors (Lipinski definition) is 5. The van der Waals surface area contributed by atoms with Gasteiger partial charge in [-0.2, -0.15) is 13.2 Å². The number of aromatic nitrogens is 1. The highest BCUT2D eigenvalue weighted by Crippen LogP contribution is 2.37. The van der Waals surface area contributed by atoms with E-state index in [1.165, 1.54) is 25.3 Å². The van der Waals surface area contributed by atoms with Gasteiger partial charge in [0.25, 0.3) is 0 Å². The van der Waals surface area contributed by atoms with Gasteiger partial charge in [0.2, 0.25) is 18.2 Å². The molecular weight excluding hydrogens is 387 g/mol. The summed E-state index contributed by atoms with van der Waals surface area (Å²) in [4.78, 5) is 28.2. The molecule has 29 heavy (non-hydrogen) atoms. The van der Waals surface area contributed by atoms with Crippen LogP contribution in [0.1, 0.15) is 11.3 Å². The van der Waals surface area contributed by atoms with Gasteiger partial charge in [-0.15, -0.1) is 0 Å². The second-order valence-electron chi connectivity index (χ2n) is 6.42. The highest BCUT2D eigenvalue weighted by Gasteiger charge is 2.31. The molecule has 1 N–H and O–H groups in total. The average molecular weight is 405 g/mol. The van der Waals surface area contributed by atoms with Gasteiger partial charge in [-0.3, -0.25) is 14.9 Å². The third-order valence-corrected chi connectivity index (χ3v) is 4.52. The van der Waals surface area contributed by atoms with Crippen LogP contribution in [0.15, 0.2) is 48.6 Å². The Labute approximate surface area is 165 Å². The summed E-state index contributed by atoms with van der Waals surface area (Å²) >= 11 is 0. The van der Waals surface area contributed by atoms with Gasteiger partial charge in [0, 0.05) is 24.2 Å². The number of rotatable bonds is 5. The molecule has 0 fully saturated rings. The number of nitrogens with one attached hydrogen (secondary N) is 1. The molecule has 2 aromatic rings. The standard InChI is InChI=1S/C20H18F3N3O3/c1-29-19-9-7-17-16(25-19)10-13(2-8-18(28)24-12-27)11-26(17)15-5-3-14(4-6-15)20(21,22)23/h2-9,12-13H,10-11H2,1H3,(H,24,27,28). The number of anilines is 2. The van der Waals surface area contributed by atoms with Gasteiger partial charge in [0.1, 0.15) is 0 Å². The maximum atomic E-state index is 12.9. The van der Waals surface area contributed by atoms with E-state index in [-0.39, 0.29) is 5.92 Å². The summed E-state index contributed by atoms with van der Waals surface area (Å²) in [6, 6.07) is 8.36. The Morgan fingerprint density at radius 1 is 1.24 bits per heavy atom. The first kappa shape index (κ1) is 20.4. The van der Waals surface area contributed by atoms with Gasteiger partial charge in [0.15, 0.2) is 0 Å². The third kappa shape index (κ3) is 4.74. The van der Waals surface area contributed by atoms with Crippen LogP contribution in [0.3, 0.4) is 0 Å². The zero-order chi connectivity index (χ0) is 21.0. The molecule has 1 aromatic heterocycles. The van der Waals surface area contributed by atoms with E-state index in [4.69, 9.17) is 4.74 Å². The van der Waals surface area contributed by atoms with Gasteiger partial charge in [-0.1, -0.05) is 6.08 Å². The van der Waals surface area contributed by atoms with Crippen LogP contribution in [-0.2, 0) is 22.2 Å². The molecule has 1 unspecified atom stereocenters. The molecule has 1 atom stereocenters. The van der Waals surface area contributed by atoms with Gasteiger partial charge >= 0.3 is 6.18 Å². The van der Waals surface area contributed by atoms with E-state index >= 15 is 0 Å². The Morgan fingerprint density at radius 3 is 2.59 bits per heavy atom. The van der Waals surface area contributed by atoms with Crippen molar-refractivity contribution in [3.8, 4) is 5.88 Å². The first-order chi connectivity index (χ1) is 13.8. The minimum absolute atomic E-state index is 0.151. The van der Waals surface area contributed by atoms with Crippen LogP contribution in [0.4, 0.5) is 24.5 Å². The first-order valence-electron chi connectivity index (χ1n) is 8.73. The molecule has 1 aromatic carbocycles. The lowest BCUT2D eigenvalue weighted by molar-refractivity contribution is -0.137. The van der Waals surface area contributed by atoms with Gasteiger partial charge in [-0.25, -0.2) is 4.98 Å². The average Bonchev–Trinajstić information content (AvgIpc) is 2.71. The monoisotopic (exact) mass is 405 g/mol. The van der Waals surface area contributed by atoms with E-state index in [0.717, 1.165) is 17.8 Å². The first-order valence-corrected chi connectivity index (χ1v) is 8.73. The number of benzene rings is 1. The zero-order valence-corrected chi connectivity index (χ0v) is 15.4. The summed E-state index contributed by atoms with van der Waals surface area (Å²) < 4.78 is 43.8. The number of methoxy groups -OCH3 is 1. The maximum absolute atomic E-state index is 12.9. The number of fused-ring (bicyclic) bond motifs is 1. The third-order valence-electron chi connectivity index (χ3n) is 4.52. The van der Waals surface area contributed by atoms with Crippen molar-refractivity contribution >= 4 is 23.7 Å². The molecule has 2 heterocycles. The number of carbonyl (C=O) groups is 2. The van der Waals surface area contributed by atoms with Crippen LogP contribution >= 0.6 is 0 Å². The van der Waals surface area contributed by atoms with Gasteiger partial charge < -0.3 is 9.64 Å². The molecule has 1 aliphatic heterocycles. The van der Waals surface area contributed by atoms with Crippen LogP contribution in [-0.4, -0.2) is 31.0 Å². The molecule has 0 radical (unpaired) electrons. The van der Waals surface area contributed by atoms with Crippen molar-refractivity contribution in [2.45, 2.75) is 12.6 Å². The van der Waals surface area contributed by atoms with Gasteiger partial charge in [-0.05, 0) is 42.8 Å². The lowest BCUT2D eigenvalue weighted by atomic mass is 9.94. The number of nitrogens with zero attached hydrogens (tertiary/aromatic N) is 2. The van der Waals surface area contributed by atoms with Crippen molar-refractivity contribution in [1.82, 2.24) is 10.3 Å². The number of ether oxygens (including phenoxy) is 1. The molecule has 0 spiro atoms. The smallest absolute Gasteiger partial charge is 0.416 e. The van der Waals surface area contributed by atoms with E-state index in [0.29, 0.717) is 36.6 Å². The molecule has 0 saturated heterocycles. The van der Waals surface area contributed by atoms with Crippen LogP contribution in [0, 0.1) is 5.92 Å². The predicted molar refractivity (Wildman–Crippen MR) is 99.8 cm³/mol. The van der Waals surface area contributed by atoms with Crippen molar-refractivity contribution in [2.24, 2.45) is 5.92 Å². The van der Waals surface area contributed by atoms with Crippen molar-refractivity contribution in [3.63, 3.8) is 0 Å². The number of hydrogen-bond donors (Lipinski definition) is 1. The van der Waals surface area contributed by atoms with Crippen molar-refractivity contribution in [3.05, 3.63) is 59.8 Å². The Balaban J connectivity index is 1.94. The van der Waals surface area contributed by atoms with Crippen molar-refractivity contribution in [1.29, 1.82) is 0 Å². The van der Waals surface area contributed by atoms with Crippen LogP contribution < -0.4 is 15.0 Å². The highest BCUT2D eigenvalue weighted by atomic mass is 19.4. The number of halogens is 3. The minimum atomic E-state index is -4.41. The summed E-state index contributed by atoms with van der Waals surface area (Å²) in [6.45, 7) is 0.428. The quantitative estimate of drug-likeness (QED) is 0.611. The molecule has 2 amide bonds. The fourth-order valence-electron chi connectivity index (χ4n) is 3.16. The van der Waals surface area contributed by atoms with E-state index in [2.05, 4.69) is 4.98 Å². The molecule has 3 rings (SSSR count). The van der Waals surface area contributed by atoms with E-state index in [9.17, 15) is 22.8 Å². The Hall–Kier alpha value is -3.36. The fourth-order valence-corrected chi connectivity index (χ4v) is 3.16. The predicted octanol–water partition coefficient (Wildman–Crippen LogP) is 3.25. The van der Waals surface area contributed by atoms with Crippen LogP contribution in [0.5, 0.6) is 5.88 Å². The van der Waals surface area contributed by atoms with E-state index in [1.807, 2.05) is 10.2 Å². The largest absolute Gasteiger partial charge is 0.481 e. The SMILES string of the molecule is COc1ccc2c(n1)CC(C=CC(=O)NC=O)CN2c1ccc(C(F)(F)F)cc1. The fraction of sp³-hybridized carbons (Fsp3) is 0.250. The molecule has 0 bridgehead atoms. The van der Waals surface area contributed by atoms with E-state index < -0.39 is 17.6 Å². The molecule has 0 aliphatic carbocycles. The minimum Gasteiger partial charge on any atom is -0.481 e. The highest BCUT2D eigenvalue weighted by molar-refractivity contribution is 5.94. The molecule has 6 nitrogen and oxygen atoms in total. The Kier molecular flexibility index (Phi) is 5.86. The molecule has 0 saturated carbocycles. The van der Waals surface area contributed by atoms with Gasteiger partial charge in [0.05, 0.1) is 24.1 Å². The van der Waals surface area contributed by atoms with E-state index in [1.54, 1.807) is 18.2 Å². The summed E-state index contributed by atoms with van der Waals surface area (Å²) in [5.74, 6) is -0.285. The van der Waals surface area contributed by atoms with Crippen molar-refractivity contribution < 1.29 is 27.5 Å². The maximum Gasteiger partial charge on any atom is 0.416 e. The molecule has 1 aliphatic rings. The number of alkyl halides is 3. The second kappa shape index (κ2) is 8.34. The second-order valence-corrected chi connectivity index (χ2v) is 6.42. The lowest BCUT2D eigenvalue weighted by Crippen LogP contribution is -2.32. The topological polar surface area (TPSA) is 71.5 Å². The summed E-state index contributed by atoms with van der Waals surface area (Å²) in [5.41, 5.74) is 1.29. The molecular formula is C20H18F3N3O3. The normalized spacial score (nSPS) is 16.4. The zero-order valence-electron chi connectivity index (χ0n) is 15.4. The molecule has 152 valence electrons. The molecule has 9 heteroatoms. The number of imide groups is 1. The number of amides is 2. The number of carbonyl (C=O) groups excluding carboxylic acids is 2. The van der Waals surface area contributed by atoms with Crippen LogP contribution in [0.25, 0.3) is 0 Å². The lowest BCUT2D eigenvalue weighted by Gasteiger charge is -2.34. The van der Waals surface area contributed by atoms with Crippen molar-refractivity contribution in [2.75, 3.05) is 18.6 Å². The Morgan fingerprint density at radius 2 is 1.97 bits per heavy atom. The summed E-state index contributed by atoms with van der Waals surface area (Å²) in [5, 5.41) is 2.02. The summed E-state index contributed by atoms with van der Waals surface area (Å²) in [7, 11) is 1.49. The Bertz CT molecular complexity index is 927. The number of pyridine rings is 1. The summed E-state index contributed by atoms with van der Waals surface area (Å²) in [6.07, 6.45) is -0.696.